The van der Waals surface area contributed by atoms with Gasteiger partial charge in [0.2, 0.25) is 5.75 Å². The van der Waals surface area contributed by atoms with Crippen molar-refractivity contribution in [2.24, 2.45) is 0 Å². The lowest BCUT2D eigenvalue weighted by molar-refractivity contribution is -0.0665. The van der Waals surface area contributed by atoms with Gasteiger partial charge < -0.3 is 33.7 Å². The highest BCUT2D eigenvalue weighted by Gasteiger charge is 2.31. The Bertz CT molecular complexity index is 1490. The number of hydrogen-bond donors (Lipinski definition) is 2. The summed E-state index contributed by atoms with van der Waals surface area (Å²) in [5.41, 5.74) is 2.75. The summed E-state index contributed by atoms with van der Waals surface area (Å²) in [6.07, 6.45) is 4.95. The molecule has 2 unspecified atom stereocenters. The number of nitrogens with zero attached hydrogens (tertiary/aromatic N) is 1. The highest BCUT2D eigenvalue weighted by Crippen LogP contribution is 2.47. The van der Waals surface area contributed by atoms with E-state index in [1.165, 1.54) is 6.20 Å². The Morgan fingerprint density at radius 1 is 0.957 bits per heavy atom. The minimum absolute atomic E-state index is 0.179. The summed E-state index contributed by atoms with van der Waals surface area (Å²) < 4.78 is 35.3. The zero-order chi connectivity index (χ0) is 33.9. The first-order valence-electron chi connectivity index (χ1n) is 15.3. The third kappa shape index (κ3) is 9.41. The quantitative estimate of drug-likeness (QED) is 0.0712. The van der Waals surface area contributed by atoms with Gasteiger partial charge in [0.05, 0.1) is 53.3 Å². The van der Waals surface area contributed by atoms with E-state index < -0.39 is 6.03 Å². The van der Waals surface area contributed by atoms with E-state index in [1.54, 1.807) is 60.1 Å². The summed E-state index contributed by atoms with van der Waals surface area (Å²) in [6.45, 7) is 3.87. The summed E-state index contributed by atoms with van der Waals surface area (Å²) in [5.74, 6) is 3.60. The molecule has 3 aromatic rings. The fraction of sp³-hybridized carbons (Fsp3) is 0.400. The van der Waals surface area contributed by atoms with Crippen LogP contribution in [-0.2, 0) is 11.2 Å². The van der Waals surface area contributed by atoms with Crippen LogP contribution >= 0.6 is 23.4 Å². The van der Waals surface area contributed by atoms with Crippen molar-refractivity contribution in [3.8, 4) is 28.7 Å². The highest BCUT2D eigenvalue weighted by molar-refractivity contribution is 7.99. The normalized spacial score (nSPS) is 15.9. The predicted octanol–water partition coefficient (Wildman–Crippen LogP) is 8.00. The van der Waals surface area contributed by atoms with Crippen LogP contribution in [0.5, 0.6) is 28.7 Å². The Morgan fingerprint density at radius 2 is 1.53 bits per heavy atom. The number of amides is 2. The maximum Gasteiger partial charge on any atom is 0.345 e. The molecule has 1 fully saturated rings. The Hall–Kier alpha value is -3.77. The summed E-state index contributed by atoms with van der Waals surface area (Å²) in [7, 11) is 6.38. The molecule has 47 heavy (non-hydrogen) atoms. The Morgan fingerprint density at radius 3 is 2.09 bits per heavy atom. The predicted molar refractivity (Wildman–Crippen MR) is 183 cm³/mol. The first-order chi connectivity index (χ1) is 22.7. The fourth-order valence-electron chi connectivity index (χ4n) is 5.20. The molecular weight excluding hydrogens is 644 g/mol. The second-order valence-corrected chi connectivity index (χ2v) is 12.6. The molecule has 1 aliphatic heterocycles. The number of allylic oxidation sites excluding steroid dienone is 1. The van der Waals surface area contributed by atoms with Crippen LogP contribution in [0.3, 0.4) is 0 Å². The second-order valence-electron chi connectivity index (χ2n) is 11.0. The first kappa shape index (κ1) is 36.1. The van der Waals surface area contributed by atoms with Crippen molar-refractivity contribution in [3.05, 3.63) is 82.5 Å². The molecular formula is C35H43ClN2O8S. The molecule has 0 bridgehead atoms. The van der Waals surface area contributed by atoms with Crippen molar-refractivity contribution in [1.29, 1.82) is 0 Å². The number of benzene rings is 3. The number of hydrogen-bond acceptors (Lipinski definition) is 9. The van der Waals surface area contributed by atoms with Gasteiger partial charge in [-0.05, 0) is 92.8 Å². The molecule has 0 spiro atoms. The van der Waals surface area contributed by atoms with Crippen LogP contribution in [0.2, 0.25) is 5.02 Å². The second kappa shape index (κ2) is 17.4. The standard InChI is InChI=1S/C35H43ClN2O8S/c1-22(2)38(40)35(39)37-15-7-8-23-18-24(19-30(41-3)33(23)45-16-17-47-27-11-9-26(36)10-12-27)28-13-14-29(46-28)25-20-31(42-4)34(44-6)32(21-25)43-5/h7,9-12,15,18-22,28-29,40H,8,13-14,16-17H2,1-6H3,(H,37,39)/b15-7+. The van der Waals surface area contributed by atoms with Gasteiger partial charge >= 0.3 is 6.03 Å². The van der Waals surface area contributed by atoms with Crippen LogP contribution in [-0.4, -0.2) is 63.1 Å². The van der Waals surface area contributed by atoms with Gasteiger partial charge in [0.15, 0.2) is 23.0 Å². The van der Waals surface area contributed by atoms with Crippen molar-refractivity contribution in [2.45, 2.75) is 56.3 Å². The Balaban J connectivity index is 1.55. The van der Waals surface area contributed by atoms with Gasteiger partial charge in [0, 0.05) is 27.4 Å². The minimum Gasteiger partial charge on any atom is -0.493 e. The number of carbonyl (C=O) groups excluding carboxylic acids is 1. The number of urea groups is 1. The van der Waals surface area contributed by atoms with E-state index in [9.17, 15) is 10.0 Å². The molecule has 1 aliphatic rings. The van der Waals surface area contributed by atoms with Crippen molar-refractivity contribution in [1.82, 2.24) is 10.4 Å². The van der Waals surface area contributed by atoms with Crippen molar-refractivity contribution < 1.29 is 38.4 Å². The smallest absolute Gasteiger partial charge is 0.345 e. The summed E-state index contributed by atoms with van der Waals surface area (Å²) in [5, 5.41) is 13.8. The van der Waals surface area contributed by atoms with Gasteiger partial charge in [-0.1, -0.05) is 17.7 Å². The molecule has 0 saturated carbocycles. The molecule has 10 nitrogen and oxygen atoms in total. The van der Waals surface area contributed by atoms with Crippen LogP contribution in [0.1, 0.15) is 55.6 Å². The number of carbonyl (C=O) groups is 1. The molecule has 0 aromatic heterocycles. The van der Waals surface area contributed by atoms with Gasteiger partial charge in [0.25, 0.3) is 0 Å². The van der Waals surface area contributed by atoms with E-state index in [-0.39, 0.29) is 18.2 Å². The Labute approximate surface area is 285 Å². The molecule has 3 aromatic carbocycles. The summed E-state index contributed by atoms with van der Waals surface area (Å²) in [6, 6.07) is 14.6. The molecule has 254 valence electrons. The van der Waals surface area contributed by atoms with Gasteiger partial charge in [-0.25, -0.2) is 9.86 Å². The fourth-order valence-corrected chi connectivity index (χ4v) is 6.06. The lowest BCUT2D eigenvalue weighted by atomic mass is 9.99. The van der Waals surface area contributed by atoms with Gasteiger partial charge in [0.1, 0.15) is 0 Å². The maximum atomic E-state index is 12.2. The first-order valence-corrected chi connectivity index (χ1v) is 16.7. The molecule has 1 saturated heterocycles. The van der Waals surface area contributed by atoms with Crippen LogP contribution in [0.15, 0.2) is 65.7 Å². The van der Waals surface area contributed by atoms with Crippen LogP contribution < -0.4 is 29.0 Å². The van der Waals surface area contributed by atoms with E-state index in [0.29, 0.717) is 57.6 Å². The summed E-state index contributed by atoms with van der Waals surface area (Å²) in [4.78, 5) is 13.3. The number of methoxy groups -OCH3 is 4. The molecule has 0 radical (unpaired) electrons. The lowest BCUT2D eigenvalue weighted by Gasteiger charge is -2.21. The molecule has 2 amide bonds. The average molecular weight is 687 g/mol. The van der Waals surface area contributed by atoms with Crippen LogP contribution in [0.25, 0.3) is 0 Å². The van der Waals surface area contributed by atoms with Crippen molar-refractivity contribution in [2.75, 3.05) is 40.8 Å². The van der Waals surface area contributed by atoms with E-state index in [1.807, 2.05) is 42.5 Å². The number of hydroxylamine groups is 2. The molecule has 1 heterocycles. The van der Waals surface area contributed by atoms with Gasteiger partial charge in [-0.15, -0.1) is 11.8 Å². The molecule has 4 rings (SSSR count). The zero-order valence-corrected chi connectivity index (χ0v) is 29.2. The third-order valence-electron chi connectivity index (χ3n) is 7.60. The van der Waals surface area contributed by atoms with E-state index in [4.69, 9.17) is 40.0 Å². The molecule has 2 atom stereocenters. The number of halogens is 1. The van der Waals surface area contributed by atoms with Crippen LogP contribution in [0.4, 0.5) is 4.79 Å². The van der Waals surface area contributed by atoms with E-state index >= 15 is 0 Å². The monoisotopic (exact) mass is 686 g/mol. The van der Waals surface area contributed by atoms with E-state index in [2.05, 4.69) is 11.4 Å². The number of thioether (sulfide) groups is 1. The number of ether oxygens (including phenoxy) is 6. The average Bonchev–Trinajstić information content (AvgIpc) is 3.58. The summed E-state index contributed by atoms with van der Waals surface area (Å²) >= 11 is 7.69. The highest BCUT2D eigenvalue weighted by atomic mass is 35.5. The third-order valence-corrected chi connectivity index (χ3v) is 8.82. The SMILES string of the molecule is COc1cc(C2CCC(c3cc(OC)c(OC)c(OC)c3)O2)cc(C/C=C/NC(=O)N(O)C(C)C)c1OCCSc1ccc(Cl)cc1. The minimum atomic E-state index is -0.615. The number of rotatable bonds is 15. The van der Waals surface area contributed by atoms with E-state index in [0.717, 1.165) is 34.4 Å². The topological polar surface area (TPSA) is 108 Å². The zero-order valence-electron chi connectivity index (χ0n) is 27.6. The number of nitrogens with one attached hydrogen (secondary N) is 1. The van der Waals surface area contributed by atoms with Crippen molar-refractivity contribution >= 4 is 29.4 Å². The molecule has 2 N–H and O–H groups in total. The maximum absolute atomic E-state index is 12.2. The largest absolute Gasteiger partial charge is 0.493 e. The van der Waals surface area contributed by atoms with Crippen LogP contribution in [0, 0.1) is 0 Å². The lowest BCUT2D eigenvalue weighted by Crippen LogP contribution is -2.39. The van der Waals surface area contributed by atoms with Crippen molar-refractivity contribution in [3.63, 3.8) is 0 Å². The molecule has 12 heteroatoms. The van der Waals surface area contributed by atoms with Gasteiger partial charge in [-0.2, -0.15) is 0 Å². The Kier molecular flexibility index (Phi) is 13.4. The van der Waals surface area contributed by atoms with Gasteiger partial charge in [-0.3, -0.25) is 5.21 Å². The molecule has 0 aliphatic carbocycles.